The standard InChI is InChI=1S/C16H20O/c1-12(17)16(9-10-16)11-14-7-4-6-13-5-2-3-8-15(13)14/h2-3,5,8,14H,4,6-7,9-11H2,1H3. The van der Waals surface area contributed by atoms with Crippen molar-refractivity contribution < 1.29 is 4.79 Å². The van der Waals surface area contributed by atoms with E-state index in [4.69, 9.17) is 0 Å². The molecule has 2 aliphatic carbocycles. The van der Waals surface area contributed by atoms with Crippen LogP contribution in [-0.4, -0.2) is 5.78 Å². The summed E-state index contributed by atoms with van der Waals surface area (Å²) < 4.78 is 0. The van der Waals surface area contributed by atoms with Gasteiger partial charge in [-0.2, -0.15) is 0 Å². The molecule has 3 rings (SSSR count). The molecule has 1 unspecified atom stereocenters. The molecule has 0 N–H and O–H groups in total. The topological polar surface area (TPSA) is 17.1 Å². The molecule has 1 aromatic carbocycles. The molecule has 0 spiro atoms. The SMILES string of the molecule is CC(=O)C1(CC2CCCc3ccccc32)CC1. The molecule has 0 bridgehead atoms. The van der Waals surface area contributed by atoms with Crippen LogP contribution >= 0.6 is 0 Å². The summed E-state index contributed by atoms with van der Waals surface area (Å²) >= 11 is 0. The van der Waals surface area contributed by atoms with Crippen LogP contribution in [0.2, 0.25) is 0 Å². The molecule has 0 amide bonds. The Kier molecular flexibility index (Phi) is 2.57. The van der Waals surface area contributed by atoms with Gasteiger partial charge in [-0.1, -0.05) is 24.3 Å². The third kappa shape index (κ3) is 1.92. The summed E-state index contributed by atoms with van der Waals surface area (Å²) in [5.74, 6) is 1.05. The van der Waals surface area contributed by atoms with E-state index >= 15 is 0 Å². The molecule has 1 fully saturated rings. The third-order valence-corrected chi connectivity index (χ3v) is 4.73. The van der Waals surface area contributed by atoms with Gasteiger partial charge in [-0.25, -0.2) is 0 Å². The van der Waals surface area contributed by atoms with Crippen molar-refractivity contribution in [1.29, 1.82) is 0 Å². The highest BCUT2D eigenvalue weighted by atomic mass is 16.1. The Labute approximate surface area is 103 Å². The van der Waals surface area contributed by atoms with E-state index in [-0.39, 0.29) is 5.41 Å². The summed E-state index contributed by atoms with van der Waals surface area (Å²) in [5.41, 5.74) is 3.10. The van der Waals surface area contributed by atoms with E-state index in [1.807, 2.05) is 0 Å². The van der Waals surface area contributed by atoms with Gasteiger partial charge in [-0.05, 0) is 62.5 Å². The molecule has 0 aliphatic heterocycles. The summed E-state index contributed by atoms with van der Waals surface area (Å²) in [4.78, 5) is 11.7. The van der Waals surface area contributed by atoms with Crippen molar-refractivity contribution in [1.82, 2.24) is 0 Å². The third-order valence-electron chi connectivity index (χ3n) is 4.73. The predicted octanol–water partition coefficient (Wildman–Crippen LogP) is 3.87. The Morgan fingerprint density at radius 1 is 1.35 bits per heavy atom. The number of hydrogen-bond acceptors (Lipinski definition) is 1. The molecule has 0 saturated heterocycles. The molecule has 1 aromatic rings. The van der Waals surface area contributed by atoms with Crippen molar-refractivity contribution in [2.75, 3.05) is 0 Å². The van der Waals surface area contributed by atoms with Crippen molar-refractivity contribution in [2.24, 2.45) is 5.41 Å². The number of Topliss-reactive ketones (excluding diaryl/α,β-unsaturated/α-hetero) is 1. The van der Waals surface area contributed by atoms with E-state index in [0.717, 1.165) is 19.3 Å². The number of fused-ring (bicyclic) bond motifs is 1. The van der Waals surface area contributed by atoms with Crippen LogP contribution in [0, 0.1) is 5.41 Å². The van der Waals surface area contributed by atoms with Crippen LogP contribution in [0.3, 0.4) is 0 Å². The fraction of sp³-hybridized carbons (Fsp3) is 0.562. The molecular weight excluding hydrogens is 208 g/mol. The zero-order valence-electron chi connectivity index (χ0n) is 10.5. The van der Waals surface area contributed by atoms with E-state index in [9.17, 15) is 4.79 Å². The quantitative estimate of drug-likeness (QED) is 0.767. The maximum atomic E-state index is 11.7. The van der Waals surface area contributed by atoms with Crippen LogP contribution in [0.25, 0.3) is 0 Å². The first-order valence-corrected chi connectivity index (χ1v) is 6.80. The monoisotopic (exact) mass is 228 g/mol. The molecule has 0 heterocycles. The maximum absolute atomic E-state index is 11.7. The first-order chi connectivity index (χ1) is 8.21. The van der Waals surface area contributed by atoms with Gasteiger partial charge in [0.1, 0.15) is 5.78 Å². The normalized spacial score (nSPS) is 25.1. The lowest BCUT2D eigenvalue weighted by molar-refractivity contribution is -0.122. The maximum Gasteiger partial charge on any atom is 0.135 e. The number of hydrogen-bond donors (Lipinski definition) is 0. The van der Waals surface area contributed by atoms with E-state index in [2.05, 4.69) is 24.3 Å². The molecule has 0 aromatic heterocycles. The second-order valence-corrected chi connectivity index (χ2v) is 5.83. The summed E-state index contributed by atoms with van der Waals surface area (Å²) in [7, 11) is 0. The average Bonchev–Trinajstić information content (AvgIpc) is 3.11. The van der Waals surface area contributed by atoms with Crippen molar-refractivity contribution in [3.63, 3.8) is 0 Å². The van der Waals surface area contributed by atoms with Crippen molar-refractivity contribution in [2.45, 2.75) is 51.4 Å². The van der Waals surface area contributed by atoms with Gasteiger partial charge < -0.3 is 0 Å². The fourth-order valence-electron chi connectivity index (χ4n) is 3.39. The molecule has 17 heavy (non-hydrogen) atoms. The highest BCUT2D eigenvalue weighted by Crippen LogP contribution is 2.54. The minimum absolute atomic E-state index is 0.0646. The van der Waals surface area contributed by atoms with Crippen LogP contribution in [0.4, 0.5) is 0 Å². The van der Waals surface area contributed by atoms with Gasteiger partial charge in [-0.15, -0.1) is 0 Å². The second kappa shape index (κ2) is 3.97. The summed E-state index contributed by atoms with van der Waals surface area (Å²) in [5, 5.41) is 0. The van der Waals surface area contributed by atoms with Gasteiger partial charge in [0.2, 0.25) is 0 Å². The van der Waals surface area contributed by atoms with Crippen LogP contribution in [-0.2, 0) is 11.2 Å². The van der Waals surface area contributed by atoms with Gasteiger partial charge in [0.25, 0.3) is 0 Å². The molecule has 1 atom stereocenters. The van der Waals surface area contributed by atoms with Gasteiger partial charge in [0.15, 0.2) is 0 Å². The Bertz CT molecular complexity index is 443. The van der Waals surface area contributed by atoms with E-state index in [0.29, 0.717) is 11.7 Å². The number of rotatable bonds is 3. The van der Waals surface area contributed by atoms with Crippen LogP contribution in [0.5, 0.6) is 0 Å². The van der Waals surface area contributed by atoms with E-state index in [1.165, 1.54) is 30.4 Å². The summed E-state index contributed by atoms with van der Waals surface area (Å²) in [6.45, 7) is 1.78. The predicted molar refractivity (Wildman–Crippen MR) is 69.1 cm³/mol. The van der Waals surface area contributed by atoms with Crippen molar-refractivity contribution in [3.8, 4) is 0 Å². The van der Waals surface area contributed by atoms with Crippen LogP contribution in [0.1, 0.15) is 56.1 Å². The molecular formula is C16H20O. The van der Waals surface area contributed by atoms with Crippen molar-refractivity contribution >= 4 is 5.78 Å². The van der Waals surface area contributed by atoms with Crippen LogP contribution in [0.15, 0.2) is 24.3 Å². The highest BCUT2D eigenvalue weighted by molar-refractivity contribution is 5.85. The lowest BCUT2D eigenvalue weighted by Crippen LogP contribution is -2.19. The van der Waals surface area contributed by atoms with Gasteiger partial charge in [0, 0.05) is 5.41 Å². The fourth-order valence-corrected chi connectivity index (χ4v) is 3.39. The van der Waals surface area contributed by atoms with E-state index in [1.54, 1.807) is 6.92 Å². The summed E-state index contributed by atoms with van der Waals surface area (Å²) in [6.07, 6.45) is 7.13. The number of carbonyl (C=O) groups excluding carboxylic acids is 1. The molecule has 1 nitrogen and oxygen atoms in total. The first-order valence-electron chi connectivity index (χ1n) is 6.80. The van der Waals surface area contributed by atoms with Gasteiger partial charge in [0.05, 0.1) is 0 Å². The minimum Gasteiger partial charge on any atom is -0.299 e. The number of aryl methyl sites for hydroxylation is 1. The highest BCUT2D eigenvalue weighted by Gasteiger charge is 2.48. The number of ketones is 1. The minimum atomic E-state index is 0.0646. The Balaban J connectivity index is 1.84. The van der Waals surface area contributed by atoms with Crippen molar-refractivity contribution in [3.05, 3.63) is 35.4 Å². The van der Waals surface area contributed by atoms with E-state index < -0.39 is 0 Å². The lowest BCUT2D eigenvalue weighted by Gasteiger charge is -2.28. The van der Waals surface area contributed by atoms with Crippen LogP contribution < -0.4 is 0 Å². The molecule has 1 heteroatoms. The number of carbonyl (C=O) groups is 1. The second-order valence-electron chi connectivity index (χ2n) is 5.83. The molecule has 90 valence electrons. The first kappa shape index (κ1) is 11.0. The largest absolute Gasteiger partial charge is 0.299 e. The summed E-state index contributed by atoms with van der Waals surface area (Å²) in [6, 6.07) is 8.81. The average molecular weight is 228 g/mol. The Hall–Kier alpha value is -1.11. The molecule has 1 saturated carbocycles. The zero-order chi connectivity index (χ0) is 11.9. The zero-order valence-corrected chi connectivity index (χ0v) is 10.5. The lowest BCUT2D eigenvalue weighted by atomic mass is 9.76. The Morgan fingerprint density at radius 2 is 2.12 bits per heavy atom. The van der Waals surface area contributed by atoms with Gasteiger partial charge in [-0.3, -0.25) is 4.79 Å². The smallest absolute Gasteiger partial charge is 0.135 e. The van der Waals surface area contributed by atoms with Gasteiger partial charge >= 0.3 is 0 Å². The Morgan fingerprint density at radius 3 is 2.82 bits per heavy atom. The number of benzene rings is 1. The molecule has 0 radical (unpaired) electrons. The molecule has 2 aliphatic rings.